The number of aryl methyl sites for hydroxylation is 2. The quantitative estimate of drug-likeness (QED) is 0.852. The molecule has 1 N–H and O–H groups in total. The summed E-state index contributed by atoms with van der Waals surface area (Å²) in [7, 11) is 1.90. The van der Waals surface area contributed by atoms with Gasteiger partial charge in [0.15, 0.2) is 0 Å². The van der Waals surface area contributed by atoms with Crippen LogP contribution in [0.5, 0.6) is 0 Å². The molecule has 2 unspecified atom stereocenters. The number of aromatic nitrogens is 2. The van der Waals surface area contributed by atoms with E-state index >= 15 is 0 Å². The van der Waals surface area contributed by atoms with E-state index in [4.69, 9.17) is 11.6 Å². The van der Waals surface area contributed by atoms with Gasteiger partial charge < -0.3 is 5.32 Å². The number of rotatable bonds is 3. The summed E-state index contributed by atoms with van der Waals surface area (Å²) in [5.41, 5.74) is 2.19. The molecule has 2 rings (SSSR count). The zero-order valence-corrected chi connectivity index (χ0v) is 12.4. The van der Waals surface area contributed by atoms with Gasteiger partial charge in [-0.2, -0.15) is 5.10 Å². The number of halogens is 1. The third kappa shape index (κ3) is 3.07. The first-order valence-corrected chi connectivity index (χ1v) is 7.38. The van der Waals surface area contributed by atoms with Crippen LogP contribution < -0.4 is 5.32 Å². The van der Waals surface area contributed by atoms with Gasteiger partial charge in [0, 0.05) is 25.2 Å². The summed E-state index contributed by atoms with van der Waals surface area (Å²) >= 11 is 6.26. The monoisotopic (exact) mass is 269 g/mol. The van der Waals surface area contributed by atoms with Gasteiger partial charge in [-0.3, -0.25) is 4.68 Å². The fourth-order valence-electron chi connectivity index (χ4n) is 2.90. The Balaban J connectivity index is 1.97. The van der Waals surface area contributed by atoms with Crippen molar-refractivity contribution < 1.29 is 0 Å². The van der Waals surface area contributed by atoms with Crippen molar-refractivity contribution in [3.8, 4) is 0 Å². The van der Waals surface area contributed by atoms with Gasteiger partial charge in [0.1, 0.15) is 5.15 Å². The van der Waals surface area contributed by atoms with E-state index in [1.54, 1.807) is 4.68 Å². The minimum Gasteiger partial charge on any atom is -0.309 e. The molecule has 0 aliphatic heterocycles. The van der Waals surface area contributed by atoms with Gasteiger partial charge in [0.2, 0.25) is 0 Å². The van der Waals surface area contributed by atoms with Crippen molar-refractivity contribution in [2.24, 2.45) is 13.0 Å². The molecule has 1 fully saturated rings. The Morgan fingerprint density at radius 2 is 2.06 bits per heavy atom. The molecule has 2 atom stereocenters. The summed E-state index contributed by atoms with van der Waals surface area (Å²) in [6, 6.07) is 0.628. The van der Waals surface area contributed by atoms with Crippen molar-refractivity contribution in [1.82, 2.24) is 15.1 Å². The minimum absolute atomic E-state index is 0.628. The van der Waals surface area contributed by atoms with E-state index in [-0.39, 0.29) is 0 Å². The van der Waals surface area contributed by atoms with Crippen molar-refractivity contribution in [2.75, 3.05) is 0 Å². The molecule has 0 amide bonds. The Kier molecular flexibility index (Phi) is 4.68. The van der Waals surface area contributed by atoms with Crippen LogP contribution in [0.2, 0.25) is 5.15 Å². The van der Waals surface area contributed by atoms with Crippen LogP contribution in [0.15, 0.2) is 0 Å². The Bertz CT molecular complexity index is 400. The largest absolute Gasteiger partial charge is 0.309 e. The molecular formula is C14H24ClN3. The predicted octanol–water partition coefficient (Wildman–Crippen LogP) is 3.44. The molecule has 0 saturated heterocycles. The van der Waals surface area contributed by atoms with E-state index < -0.39 is 0 Å². The van der Waals surface area contributed by atoms with E-state index in [1.807, 2.05) is 14.0 Å². The fourth-order valence-corrected chi connectivity index (χ4v) is 3.15. The molecule has 1 saturated carbocycles. The first-order valence-electron chi connectivity index (χ1n) is 7.01. The van der Waals surface area contributed by atoms with Gasteiger partial charge in [-0.05, 0) is 25.7 Å². The van der Waals surface area contributed by atoms with Crippen molar-refractivity contribution in [2.45, 2.75) is 58.5 Å². The van der Waals surface area contributed by atoms with Crippen molar-refractivity contribution >= 4 is 11.6 Å². The number of nitrogens with one attached hydrogen (secondary N) is 1. The summed E-state index contributed by atoms with van der Waals surface area (Å²) in [5, 5.41) is 8.81. The summed E-state index contributed by atoms with van der Waals surface area (Å²) in [6.45, 7) is 5.23. The van der Waals surface area contributed by atoms with E-state index in [1.165, 1.54) is 32.1 Å². The lowest BCUT2D eigenvalue weighted by Gasteiger charge is -2.22. The first kappa shape index (κ1) is 13.9. The minimum atomic E-state index is 0.628. The lowest BCUT2D eigenvalue weighted by molar-refractivity contribution is 0.356. The summed E-state index contributed by atoms with van der Waals surface area (Å²) in [6.07, 6.45) is 6.75. The second kappa shape index (κ2) is 6.07. The molecule has 18 heavy (non-hydrogen) atoms. The number of hydrogen-bond donors (Lipinski definition) is 1. The number of hydrogen-bond acceptors (Lipinski definition) is 2. The van der Waals surface area contributed by atoms with Crippen LogP contribution >= 0.6 is 11.6 Å². The van der Waals surface area contributed by atoms with Crippen molar-refractivity contribution in [1.29, 1.82) is 0 Å². The Morgan fingerprint density at radius 1 is 1.33 bits per heavy atom. The summed E-state index contributed by atoms with van der Waals surface area (Å²) in [4.78, 5) is 0. The van der Waals surface area contributed by atoms with Crippen LogP contribution in [0.3, 0.4) is 0 Å². The molecule has 0 radical (unpaired) electrons. The van der Waals surface area contributed by atoms with Crippen LogP contribution in [-0.4, -0.2) is 15.8 Å². The van der Waals surface area contributed by atoms with Crippen LogP contribution in [-0.2, 0) is 13.6 Å². The van der Waals surface area contributed by atoms with Gasteiger partial charge in [0.05, 0.1) is 5.69 Å². The number of nitrogens with zero attached hydrogens (tertiary/aromatic N) is 2. The molecule has 1 aliphatic carbocycles. The lowest BCUT2D eigenvalue weighted by atomic mass is 9.97. The van der Waals surface area contributed by atoms with Crippen LogP contribution in [0, 0.1) is 12.8 Å². The average molecular weight is 270 g/mol. The van der Waals surface area contributed by atoms with Gasteiger partial charge in [-0.25, -0.2) is 0 Å². The topological polar surface area (TPSA) is 29.9 Å². The highest BCUT2D eigenvalue weighted by atomic mass is 35.5. The Morgan fingerprint density at radius 3 is 2.72 bits per heavy atom. The van der Waals surface area contributed by atoms with Crippen LogP contribution in [0.25, 0.3) is 0 Å². The van der Waals surface area contributed by atoms with Crippen LogP contribution in [0.4, 0.5) is 0 Å². The highest BCUT2D eigenvalue weighted by Crippen LogP contribution is 2.24. The molecule has 1 aromatic rings. The third-order valence-electron chi connectivity index (χ3n) is 4.17. The zero-order valence-electron chi connectivity index (χ0n) is 11.7. The van der Waals surface area contributed by atoms with Crippen molar-refractivity contribution in [3.05, 3.63) is 16.4 Å². The standard InChI is InChI=1S/C14H24ClN3/c1-10-7-5-4-6-8-13(10)16-9-12-11(2)17-18(3)14(12)15/h10,13,16H,4-9H2,1-3H3. The molecule has 102 valence electrons. The molecule has 3 nitrogen and oxygen atoms in total. The normalized spacial score (nSPS) is 25.1. The molecule has 0 bridgehead atoms. The third-order valence-corrected chi connectivity index (χ3v) is 4.65. The first-order chi connectivity index (χ1) is 8.59. The maximum absolute atomic E-state index is 6.26. The van der Waals surface area contributed by atoms with E-state index in [0.717, 1.165) is 28.9 Å². The van der Waals surface area contributed by atoms with Crippen molar-refractivity contribution in [3.63, 3.8) is 0 Å². The van der Waals surface area contributed by atoms with Gasteiger partial charge >= 0.3 is 0 Å². The Labute approximate surface area is 115 Å². The van der Waals surface area contributed by atoms with Gasteiger partial charge in [0.25, 0.3) is 0 Å². The smallest absolute Gasteiger partial charge is 0.131 e. The maximum atomic E-state index is 6.26. The molecular weight excluding hydrogens is 246 g/mol. The molecule has 1 heterocycles. The van der Waals surface area contributed by atoms with Crippen LogP contribution in [0.1, 0.15) is 50.3 Å². The predicted molar refractivity (Wildman–Crippen MR) is 75.8 cm³/mol. The maximum Gasteiger partial charge on any atom is 0.131 e. The highest BCUT2D eigenvalue weighted by Gasteiger charge is 2.20. The van der Waals surface area contributed by atoms with E-state index in [2.05, 4.69) is 17.3 Å². The lowest BCUT2D eigenvalue weighted by Crippen LogP contribution is -2.33. The zero-order chi connectivity index (χ0) is 13.1. The Hall–Kier alpha value is -0.540. The molecule has 0 aromatic carbocycles. The summed E-state index contributed by atoms with van der Waals surface area (Å²) in [5.74, 6) is 0.767. The van der Waals surface area contributed by atoms with Gasteiger partial charge in [-0.15, -0.1) is 0 Å². The fraction of sp³-hybridized carbons (Fsp3) is 0.786. The second-order valence-corrected chi connectivity index (χ2v) is 5.94. The molecule has 4 heteroatoms. The molecule has 1 aliphatic rings. The van der Waals surface area contributed by atoms with E-state index in [0.29, 0.717) is 6.04 Å². The second-order valence-electron chi connectivity index (χ2n) is 5.58. The highest BCUT2D eigenvalue weighted by molar-refractivity contribution is 6.30. The van der Waals surface area contributed by atoms with Gasteiger partial charge in [-0.1, -0.05) is 37.8 Å². The summed E-state index contributed by atoms with van der Waals surface area (Å²) < 4.78 is 1.75. The average Bonchev–Trinajstić information content (AvgIpc) is 2.51. The SMILES string of the molecule is Cc1nn(C)c(Cl)c1CNC1CCCCCC1C. The van der Waals surface area contributed by atoms with E-state index in [9.17, 15) is 0 Å². The molecule has 1 aromatic heterocycles. The molecule has 0 spiro atoms.